The Bertz CT molecular complexity index is 242. The van der Waals surface area contributed by atoms with E-state index in [4.69, 9.17) is 0 Å². The van der Waals surface area contributed by atoms with Crippen LogP contribution in [0.3, 0.4) is 0 Å². The molecule has 0 aliphatic carbocycles. The molecule has 1 aromatic carbocycles. The van der Waals surface area contributed by atoms with Gasteiger partial charge in [-0.2, -0.15) is 0 Å². The molecule has 1 aromatic rings. The van der Waals surface area contributed by atoms with Gasteiger partial charge in [0.2, 0.25) is 0 Å². The van der Waals surface area contributed by atoms with Gasteiger partial charge in [0.15, 0.2) is 0 Å². The Hall–Kier alpha value is -0.470. The van der Waals surface area contributed by atoms with Crippen LogP contribution in [0.4, 0.5) is 0 Å². The van der Waals surface area contributed by atoms with E-state index >= 15 is 0 Å². The molecule has 0 unspecified atom stereocenters. The van der Waals surface area contributed by atoms with Crippen molar-refractivity contribution in [2.24, 2.45) is 0 Å². The van der Waals surface area contributed by atoms with E-state index in [-0.39, 0.29) is 0 Å². The normalized spacial score (nSPS) is 17.8. The molecule has 0 N–H and O–H groups in total. The summed E-state index contributed by atoms with van der Waals surface area (Å²) in [5.74, 6) is 1.31. The Morgan fingerprint density at radius 1 is 1.23 bits per heavy atom. The minimum Gasteiger partial charge on any atom is -0.250 e. The van der Waals surface area contributed by atoms with Gasteiger partial charge in [-0.3, -0.25) is 4.31 Å². The highest BCUT2D eigenvalue weighted by molar-refractivity contribution is 7.97. The van der Waals surface area contributed by atoms with Gasteiger partial charge in [-0.15, -0.1) is 0 Å². The Morgan fingerprint density at radius 2 is 2.08 bits per heavy atom. The molecule has 0 atom stereocenters. The molecule has 0 aromatic heterocycles. The molecule has 1 aliphatic heterocycles. The second-order valence-electron chi connectivity index (χ2n) is 3.35. The van der Waals surface area contributed by atoms with Gasteiger partial charge in [0.05, 0.1) is 0 Å². The third kappa shape index (κ3) is 2.75. The van der Waals surface area contributed by atoms with Gasteiger partial charge in [0.1, 0.15) is 0 Å². The fourth-order valence-corrected chi connectivity index (χ4v) is 2.57. The van der Waals surface area contributed by atoms with Crippen LogP contribution < -0.4 is 0 Å². The van der Waals surface area contributed by atoms with Crippen LogP contribution >= 0.6 is 11.9 Å². The van der Waals surface area contributed by atoms with Crippen LogP contribution in [0.5, 0.6) is 0 Å². The summed E-state index contributed by atoms with van der Waals surface area (Å²) in [5, 5.41) is 0. The summed E-state index contributed by atoms with van der Waals surface area (Å²) in [6.45, 7) is 2.48. The Morgan fingerprint density at radius 3 is 2.77 bits per heavy atom. The molecule has 1 fully saturated rings. The molecule has 1 nitrogen and oxygen atoms in total. The third-order valence-corrected chi connectivity index (χ3v) is 3.52. The molecular formula is C11H15NS. The first-order chi connectivity index (χ1) is 6.45. The largest absolute Gasteiger partial charge is 0.250 e. The third-order valence-electron chi connectivity index (χ3n) is 2.32. The molecule has 2 rings (SSSR count). The van der Waals surface area contributed by atoms with Crippen LogP contribution in [-0.2, 0) is 6.42 Å². The lowest BCUT2D eigenvalue weighted by Gasteiger charge is -2.12. The summed E-state index contributed by atoms with van der Waals surface area (Å²) in [6.07, 6.45) is 2.55. The molecule has 0 radical (unpaired) electrons. The SMILES string of the molecule is c1ccc(CCN2CCCS2)cc1. The highest BCUT2D eigenvalue weighted by atomic mass is 32.2. The molecule has 0 bridgehead atoms. The van der Waals surface area contributed by atoms with E-state index in [0.29, 0.717) is 0 Å². The predicted octanol–water partition coefficient (Wildman–Crippen LogP) is 2.58. The van der Waals surface area contributed by atoms with Crippen LogP contribution in [0.2, 0.25) is 0 Å². The van der Waals surface area contributed by atoms with Crippen LogP contribution in [0.25, 0.3) is 0 Å². The predicted molar refractivity (Wildman–Crippen MR) is 58.8 cm³/mol. The van der Waals surface area contributed by atoms with Crippen LogP contribution in [0, 0.1) is 0 Å². The van der Waals surface area contributed by atoms with Gasteiger partial charge in [-0.25, -0.2) is 0 Å². The van der Waals surface area contributed by atoms with Crippen molar-refractivity contribution in [3.05, 3.63) is 35.9 Å². The van der Waals surface area contributed by atoms with Crippen LogP contribution in [0.15, 0.2) is 30.3 Å². The average Bonchev–Trinajstić information content (AvgIpc) is 2.69. The van der Waals surface area contributed by atoms with Gasteiger partial charge < -0.3 is 0 Å². The van der Waals surface area contributed by atoms with Crippen LogP contribution in [0.1, 0.15) is 12.0 Å². The van der Waals surface area contributed by atoms with E-state index in [1.807, 2.05) is 11.9 Å². The van der Waals surface area contributed by atoms with Gasteiger partial charge in [-0.05, 0) is 18.4 Å². The molecule has 1 heterocycles. The molecular weight excluding hydrogens is 178 g/mol. The minimum atomic E-state index is 1.19. The smallest absolute Gasteiger partial charge is 0.0130 e. The monoisotopic (exact) mass is 193 g/mol. The number of nitrogens with zero attached hydrogens (tertiary/aromatic N) is 1. The van der Waals surface area contributed by atoms with Crippen molar-refractivity contribution >= 4 is 11.9 Å². The summed E-state index contributed by atoms with van der Waals surface area (Å²) in [4.78, 5) is 0. The van der Waals surface area contributed by atoms with Crippen molar-refractivity contribution in [1.82, 2.24) is 4.31 Å². The molecule has 0 spiro atoms. The summed E-state index contributed by atoms with van der Waals surface area (Å²) in [5.41, 5.74) is 1.45. The quantitative estimate of drug-likeness (QED) is 0.679. The van der Waals surface area contributed by atoms with E-state index in [9.17, 15) is 0 Å². The zero-order valence-electron chi connectivity index (χ0n) is 7.78. The van der Waals surface area contributed by atoms with Gasteiger partial charge in [-0.1, -0.05) is 42.3 Å². The molecule has 1 saturated heterocycles. The summed E-state index contributed by atoms with van der Waals surface area (Å²) >= 11 is 1.99. The maximum absolute atomic E-state index is 2.48. The summed E-state index contributed by atoms with van der Waals surface area (Å²) in [6, 6.07) is 10.7. The lowest BCUT2D eigenvalue weighted by atomic mass is 10.1. The molecule has 2 heteroatoms. The fourth-order valence-electron chi connectivity index (χ4n) is 1.57. The molecule has 1 aliphatic rings. The first-order valence-corrected chi connectivity index (χ1v) is 5.81. The second kappa shape index (κ2) is 4.68. The Kier molecular flexibility index (Phi) is 3.27. The number of hydrogen-bond donors (Lipinski definition) is 0. The zero-order chi connectivity index (χ0) is 8.93. The molecule has 70 valence electrons. The topological polar surface area (TPSA) is 3.24 Å². The lowest BCUT2D eigenvalue weighted by Crippen LogP contribution is -2.14. The molecule has 13 heavy (non-hydrogen) atoms. The van der Waals surface area contributed by atoms with E-state index in [1.165, 1.54) is 37.2 Å². The zero-order valence-corrected chi connectivity index (χ0v) is 8.59. The van der Waals surface area contributed by atoms with E-state index in [2.05, 4.69) is 34.6 Å². The lowest BCUT2D eigenvalue weighted by molar-refractivity contribution is 0.500. The van der Waals surface area contributed by atoms with Crippen molar-refractivity contribution in [2.75, 3.05) is 18.8 Å². The fraction of sp³-hybridized carbons (Fsp3) is 0.455. The van der Waals surface area contributed by atoms with Crippen molar-refractivity contribution in [3.63, 3.8) is 0 Å². The second-order valence-corrected chi connectivity index (χ2v) is 4.53. The van der Waals surface area contributed by atoms with E-state index in [1.54, 1.807) is 0 Å². The van der Waals surface area contributed by atoms with Crippen LogP contribution in [-0.4, -0.2) is 23.1 Å². The van der Waals surface area contributed by atoms with Crippen molar-refractivity contribution in [1.29, 1.82) is 0 Å². The van der Waals surface area contributed by atoms with Crippen molar-refractivity contribution < 1.29 is 0 Å². The summed E-state index contributed by atoms with van der Waals surface area (Å²) < 4.78 is 2.48. The standard InChI is InChI=1S/C11H15NS/c1-2-5-11(6-3-1)7-9-12-8-4-10-13-12/h1-3,5-6H,4,7-10H2. The minimum absolute atomic E-state index is 1.19. The summed E-state index contributed by atoms with van der Waals surface area (Å²) in [7, 11) is 0. The van der Waals surface area contributed by atoms with E-state index < -0.39 is 0 Å². The first-order valence-electron chi connectivity index (χ1n) is 4.87. The molecule has 0 amide bonds. The maximum atomic E-state index is 2.48. The highest BCUT2D eigenvalue weighted by Gasteiger charge is 2.11. The average molecular weight is 193 g/mol. The van der Waals surface area contributed by atoms with Gasteiger partial charge in [0, 0.05) is 18.8 Å². The number of benzene rings is 1. The Labute approximate surface area is 84.3 Å². The van der Waals surface area contributed by atoms with Crippen molar-refractivity contribution in [3.8, 4) is 0 Å². The maximum Gasteiger partial charge on any atom is 0.0130 e. The molecule has 0 saturated carbocycles. The van der Waals surface area contributed by atoms with Crippen molar-refractivity contribution in [2.45, 2.75) is 12.8 Å². The highest BCUT2D eigenvalue weighted by Crippen LogP contribution is 2.19. The number of hydrogen-bond acceptors (Lipinski definition) is 2. The number of rotatable bonds is 3. The van der Waals surface area contributed by atoms with E-state index in [0.717, 1.165) is 0 Å². The first kappa shape index (κ1) is 9.10. The van der Waals surface area contributed by atoms with Gasteiger partial charge >= 0.3 is 0 Å². The van der Waals surface area contributed by atoms with Gasteiger partial charge in [0.25, 0.3) is 0 Å². The Balaban J connectivity index is 1.79.